The maximum absolute atomic E-state index is 8.67. The third-order valence-electron chi connectivity index (χ3n) is 1.47. The molecule has 3 nitrogen and oxygen atoms in total. The van der Waals surface area contributed by atoms with Gasteiger partial charge in [-0.15, -0.1) is 0 Å². The minimum absolute atomic E-state index is 0. The molecule has 0 radical (unpaired) electrons. The molecule has 0 aliphatic heterocycles. The van der Waals surface area contributed by atoms with E-state index in [2.05, 4.69) is 38.1 Å². The molecule has 0 aromatic heterocycles. The Balaban J connectivity index is -0.000000213. The second-order valence-corrected chi connectivity index (χ2v) is 3.26. The molecule has 0 aliphatic rings. The zero-order valence-electron chi connectivity index (χ0n) is 9.68. The van der Waals surface area contributed by atoms with Gasteiger partial charge in [0.05, 0.1) is 0 Å². The van der Waals surface area contributed by atoms with Crippen LogP contribution in [-0.2, 0) is 11.4 Å². The topological polar surface area (TPSA) is 57.5 Å². The van der Waals surface area contributed by atoms with Crippen LogP contribution in [0.3, 0.4) is 0 Å². The summed E-state index contributed by atoms with van der Waals surface area (Å²) in [5.41, 5.74) is 1.41. The molecule has 0 spiro atoms. The van der Waals surface area contributed by atoms with Crippen molar-refractivity contribution in [2.75, 3.05) is 0 Å². The minimum atomic E-state index is -2.61. The van der Waals surface area contributed by atoms with Crippen molar-refractivity contribution >= 4 is 11.4 Å². The molecule has 5 heteroatoms. The summed E-state index contributed by atoms with van der Waals surface area (Å²) in [6.07, 6.45) is 0. The van der Waals surface area contributed by atoms with Gasteiger partial charge >= 0.3 is 29.6 Å². The van der Waals surface area contributed by atoms with Gasteiger partial charge in [0.25, 0.3) is 11.4 Å². The minimum Gasteiger partial charge on any atom is -1.00 e. The maximum Gasteiger partial charge on any atom is 1.00 e. The molecule has 14 heavy (non-hydrogen) atoms. The van der Waals surface area contributed by atoms with Gasteiger partial charge in [0.2, 0.25) is 0 Å². The van der Waals surface area contributed by atoms with Crippen LogP contribution in [0.1, 0.15) is 26.8 Å². The molecule has 0 bridgehead atoms. The Bertz CT molecular complexity index is 253. The quantitative estimate of drug-likeness (QED) is 0.506. The van der Waals surface area contributed by atoms with E-state index in [0.717, 1.165) is 0 Å². The van der Waals surface area contributed by atoms with Gasteiger partial charge in [-0.1, -0.05) is 44.2 Å². The zero-order valence-corrected chi connectivity index (χ0v) is 11.5. The maximum atomic E-state index is 8.67. The van der Waals surface area contributed by atoms with E-state index >= 15 is 0 Å². The van der Waals surface area contributed by atoms with E-state index in [9.17, 15) is 0 Å². The molecular formula is C9H15NaO3S. The van der Waals surface area contributed by atoms with E-state index in [-0.39, 0.29) is 31.0 Å². The second-order valence-electron chi connectivity index (χ2n) is 2.80. The van der Waals surface area contributed by atoms with Gasteiger partial charge < -0.3 is 1.43 Å². The fraction of sp³-hybridized carbons (Fsp3) is 0.333. The summed E-state index contributed by atoms with van der Waals surface area (Å²) in [5.74, 6) is 0.659. The van der Waals surface area contributed by atoms with E-state index in [0.29, 0.717) is 5.92 Å². The monoisotopic (exact) mass is 226 g/mol. The third kappa shape index (κ3) is 10.4. The standard InChI is InChI=1S/C9H12.Na.H2O3S.H/c1-8(2)9-6-4-3-5-7-9;;1-4(2)3;/h3-8H,1-2H3;;(H2,1,2,3);/q;+1;;-1. The van der Waals surface area contributed by atoms with Gasteiger partial charge in [-0.3, -0.25) is 9.11 Å². The van der Waals surface area contributed by atoms with Crippen molar-refractivity contribution in [3.8, 4) is 0 Å². The first-order valence-electron chi connectivity index (χ1n) is 3.89. The van der Waals surface area contributed by atoms with Crippen molar-refractivity contribution in [2.24, 2.45) is 0 Å². The summed E-state index contributed by atoms with van der Waals surface area (Å²) in [5, 5.41) is 0. The Morgan fingerprint density at radius 1 is 1.21 bits per heavy atom. The Morgan fingerprint density at radius 3 is 1.79 bits per heavy atom. The van der Waals surface area contributed by atoms with Crippen molar-refractivity contribution in [1.82, 2.24) is 0 Å². The molecule has 0 amide bonds. The van der Waals surface area contributed by atoms with Crippen molar-refractivity contribution < 1.29 is 44.3 Å². The molecule has 1 rings (SSSR count). The summed E-state index contributed by atoms with van der Waals surface area (Å²) in [4.78, 5) is 0. The van der Waals surface area contributed by atoms with Gasteiger partial charge in [-0.25, -0.2) is 0 Å². The zero-order chi connectivity index (χ0) is 10.3. The van der Waals surface area contributed by atoms with Crippen molar-refractivity contribution in [3.63, 3.8) is 0 Å². The van der Waals surface area contributed by atoms with Crippen LogP contribution in [0.5, 0.6) is 0 Å². The molecule has 2 N–H and O–H groups in total. The number of hydrogen-bond acceptors (Lipinski definition) is 1. The molecular weight excluding hydrogens is 211 g/mol. The van der Waals surface area contributed by atoms with E-state index in [1.165, 1.54) is 5.56 Å². The summed E-state index contributed by atoms with van der Waals surface area (Å²) in [6, 6.07) is 10.5. The fourth-order valence-corrected chi connectivity index (χ4v) is 0.838. The van der Waals surface area contributed by atoms with Crippen LogP contribution >= 0.6 is 0 Å². The smallest absolute Gasteiger partial charge is 1.00 e. The SMILES string of the molecule is CC(C)c1ccccc1.O=S(O)O.[H-].[Na+]. The average Bonchev–Trinajstić information content (AvgIpc) is 2.05. The summed E-state index contributed by atoms with van der Waals surface area (Å²) >= 11 is -2.61. The van der Waals surface area contributed by atoms with Crippen LogP contribution in [0.25, 0.3) is 0 Å². The van der Waals surface area contributed by atoms with Gasteiger partial charge in [-0.05, 0) is 11.5 Å². The summed E-state index contributed by atoms with van der Waals surface area (Å²) in [7, 11) is 0. The number of hydrogen-bond donors (Lipinski definition) is 2. The predicted molar refractivity (Wildman–Crippen MR) is 55.0 cm³/mol. The van der Waals surface area contributed by atoms with E-state index in [1.54, 1.807) is 0 Å². The fourth-order valence-electron chi connectivity index (χ4n) is 0.838. The molecule has 0 fully saturated rings. The Hall–Kier alpha value is 0.290. The molecule has 1 aromatic carbocycles. The summed E-state index contributed by atoms with van der Waals surface area (Å²) < 4.78 is 22.8. The first-order chi connectivity index (χ1) is 6.04. The van der Waals surface area contributed by atoms with Crippen LogP contribution in [-0.4, -0.2) is 13.3 Å². The Labute approximate surface area is 111 Å². The molecule has 76 valence electrons. The van der Waals surface area contributed by atoms with E-state index < -0.39 is 11.4 Å². The first kappa shape index (κ1) is 16.7. The third-order valence-corrected chi connectivity index (χ3v) is 1.47. The summed E-state index contributed by atoms with van der Waals surface area (Å²) in [6.45, 7) is 4.41. The molecule has 1 aromatic rings. The van der Waals surface area contributed by atoms with Crippen molar-refractivity contribution in [1.29, 1.82) is 0 Å². The van der Waals surface area contributed by atoms with Crippen LogP contribution in [0.15, 0.2) is 30.3 Å². The van der Waals surface area contributed by atoms with Crippen molar-refractivity contribution in [3.05, 3.63) is 35.9 Å². The molecule has 0 atom stereocenters. The van der Waals surface area contributed by atoms with E-state index in [4.69, 9.17) is 13.3 Å². The average molecular weight is 226 g/mol. The second kappa shape index (κ2) is 9.83. The van der Waals surface area contributed by atoms with E-state index in [1.807, 2.05) is 6.07 Å². The van der Waals surface area contributed by atoms with Gasteiger partial charge in [-0.2, -0.15) is 4.21 Å². The van der Waals surface area contributed by atoms with Crippen molar-refractivity contribution in [2.45, 2.75) is 19.8 Å². The first-order valence-corrected chi connectivity index (χ1v) is 4.95. The van der Waals surface area contributed by atoms with Crippen LogP contribution < -0.4 is 29.6 Å². The molecule has 0 heterocycles. The molecule has 0 saturated heterocycles. The number of benzene rings is 1. The normalized spacial score (nSPS) is 9.00. The Kier molecular flexibility index (Phi) is 11.7. The largest absolute Gasteiger partial charge is 1.00 e. The Morgan fingerprint density at radius 2 is 1.57 bits per heavy atom. The molecule has 0 saturated carbocycles. The van der Waals surface area contributed by atoms with Gasteiger partial charge in [0, 0.05) is 0 Å². The van der Waals surface area contributed by atoms with Crippen LogP contribution in [0.4, 0.5) is 0 Å². The molecule has 0 unspecified atom stereocenters. The van der Waals surface area contributed by atoms with Crippen LogP contribution in [0, 0.1) is 0 Å². The van der Waals surface area contributed by atoms with Crippen LogP contribution in [0.2, 0.25) is 0 Å². The number of rotatable bonds is 1. The molecule has 0 aliphatic carbocycles. The predicted octanol–water partition coefficient (Wildman–Crippen LogP) is -0.392. The van der Waals surface area contributed by atoms with Gasteiger partial charge in [0.15, 0.2) is 0 Å². The van der Waals surface area contributed by atoms with Gasteiger partial charge in [0.1, 0.15) is 0 Å².